The molecule has 0 spiro atoms. The number of hydrogen-bond acceptors (Lipinski definition) is 6. The average Bonchev–Trinajstić information content (AvgIpc) is 3.47. The number of rotatable bonds is 6. The Labute approximate surface area is 196 Å². The van der Waals surface area contributed by atoms with Crippen LogP contribution in [0.2, 0.25) is 0 Å². The number of carbonyl (C=O) groups excluding carboxylic acids is 2. The number of oxazole rings is 1. The molecule has 0 saturated heterocycles. The van der Waals surface area contributed by atoms with E-state index in [1.807, 2.05) is 0 Å². The van der Waals surface area contributed by atoms with E-state index in [1.165, 1.54) is 28.9 Å². The van der Waals surface area contributed by atoms with Crippen LogP contribution in [0.3, 0.4) is 0 Å². The van der Waals surface area contributed by atoms with Crippen LogP contribution >= 0.6 is 0 Å². The number of carbonyl (C=O) groups is 2. The van der Waals surface area contributed by atoms with Gasteiger partial charge in [-0.3, -0.25) is 14.6 Å². The Morgan fingerprint density at radius 2 is 1.91 bits per heavy atom. The third kappa shape index (κ3) is 4.51. The van der Waals surface area contributed by atoms with Crippen LogP contribution in [-0.2, 0) is 6.54 Å². The number of fused-ring (bicyclic) bond motifs is 2. The zero-order chi connectivity index (χ0) is 24.5. The third-order valence-electron chi connectivity index (χ3n) is 5.48. The molecule has 2 aromatic carbocycles. The lowest BCUT2D eigenvalue weighted by molar-refractivity contribution is 0.0932. The van der Waals surface area contributed by atoms with Gasteiger partial charge in [-0.1, -0.05) is 18.2 Å². The summed E-state index contributed by atoms with van der Waals surface area (Å²) in [6, 6.07) is 13.4. The summed E-state index contributed by atoms with van der Waals surface area (Å²) >= 11 is 0. The summed E-state index contributed by atoms with van der Waals surface area (Å²) in [7, 11) is 0. The molecule has 0 bridgehead atoms. The molecule has 0 aliphatic rings. The van der Waals surface area contributed by atoms with E-state index in [9.17, 15) is 18.8 Å². The summed E-state index contributed by atoms with van der Waals surface area (Å²) in [4.78, 5) is 44.1. The lowest BCUT2D eigenvalue weighted by Crippen LogP contribution is -2.30. The molecule has 0 fully saturated rings. The van der Waals surface area contributed by atoms with Gasteiger partial charge in [0, 0.05) is 18.7 Å². The van der Waals surface area contributed by atoms with Gasteiger partial charge in [-0.15, -0.1) is 0 Å². The van der Waals surface area contributed by atoms with Crippen molar-refractivity contribution in [2.24, 2.45) is 0 Å². The first-order valence-corrected chi connectivity index (χ1v) is 10.7. The van der Waals surface area contributed by atoms with E-state index in [4.69, 9.17) is 4.42 Å². The monoisotopic (exact) mass is 474 g/mol. The Morgan fingerprint density at radius 3 is 2.71 bits per heavy atom. The van der Waals surface area contributed by atoms with Gasteiger partial charge in [0.25, 0.3) is 11.8 Å². The summed E-state index contributed by atoms with van der Waals surface area (Å²) in [6.07, 6.45) is 1.48. The Kier molecular flexibility index (Phi) is 5.57. The minimum Gasteiger partial charge on any atom is -0.408 e. The Hall–Kier alpha value is -4.80. The second-order valence-corrected chi connectivity index (χ2v) is 7.90. The normalized spacial score (nSPS) is 12.1. The minimum absolute atomic E-state index is 0.0374. The molecular formula is C24H19FN6O4. The van der Waals surface area contributed by atoms with Crippen LogP contribution in [-0.4, -0.2) is 31.4 Å². The number of amides is 2. The van der Waals surface area contributed by atoms with Gasteiger partial charge in [0.2, 0.25) is 0 Å². The summed E-state index contributed by atoms with van der Waals surface area (Å²) < 4.78 is 19.5. The van der Waals surface area contributed by atoms with E-state index in [0.29, 0.717) is 16.7 Å². The van der Waals surface area contributed by atoms with Gasteiger partial charge in [-0.05, 0) is 42.3 Å². The molecule has 5 rings (SSSR count). The zero-order valence-electron chi connectivity index (χ0n) is 18.4. The van der Waals surface area contributed by atoms with E-state index >= 15 is 0 Å². The maximum atomic E-state index is 13.2. The van der Waals surface area contributed by atoms with E-state index in [2.05, 4.69) is 25.7 Å². The van der Waals surface area contributed by atoms with Crippen molar-refractivity contribution in [1.82, 2.24) is 30.2 Å². The Morgan fingerprint density at radius 1 is 1.11 bits per heavy atom. The number of aromatic nitrogens is 4. The molecule has 2 amide bonds. The fourth-order valence-corrected chi connectivity index (χ4v) is 3.68. The topological polar surface area (TPSA) is 134 Å². The molecular weight excluding hydrogens is 455 g/mol. The van der Waals surface area contributed by atoms with Gasteiger partial charge in [0.15, 0.2) is 11.2 Å². The second kappa shape index (κ2) is 8.86. The van der Waals surface area contributed by atoms with Crippen molar-refractivity contribution < 1.29 is 18.4 Å². The summed E-state index contributed by atoms with van der Waals surface area (Å²) in [6.45, 7) is 1.93. The highest BCUT2D eigenvalue weighted by atomic mass is 19.1. The van der Waals surface area contributed by atoms with Gasteiger partial charge in [0.1, 0.15) is 17.2 Å². The van der Waals surface area contributed by atoms with Gasteiger partial charge in [-0.25, -0.2) is 18.7 Å². The number of H-pyrrole nitrogens is 1. The quantitative estimate of drug-likeness (QED) is 0.346. The maximum Gasteiger partial charge on any atom is 0.417 e. The minimum atomic E-state index is -0.556. The fraction of sp³-hybridized carbons (Fsp3) is 0.125. The van der Waals surface area contributed by atoms with Gasteiger partial charge >= 0.3 is 5.76 Å². The Bertz CT molecular complexity index is 1620. The highest BCUT2D eigenvalue weighted by Crippen LogP contribution is 2.16. The van der Waals surface area contributed by atoms with Gasteiger partial charge in [-0.2, -0.15) is 5.10 Å². The molecule has 0 unspecified atom stereocenters. The molecule has 0 aliphatic heterocycles. The van der Waals surface area contributed by atoms with Crippen molar-refractivity contribution in [3.05, 3.63) is 99.7 Å². The lowest BCUT2D eigenvalue weighted by Gasteiger charge is -2.15. The lowest BCUT2D eigenvalue weighted by atomic mass is 10.1. The average molecular weight is 474 g/mol. The van der Waals surface area contributed by atoms with Crippen molar-refractivity contribution in [2.75, 3.05) is 0 Å². The molecule has 5 aromatic rings. The number of nitrogens with zero attached hydrogens (tertiary/aromatic N) is 3. The molecule has 176 valence electrons. The fourth-order valence-electron chi connectivity index (χ4n) is 3.68. The standard InChI is InChI=1S/C24H19FN6O4/c1-13(15-3-5-16(25)6-4-15)28-23(33)19-11-18(29-21-8-9-27-31(19)21)22(32)26-12-14-2-7-20-17(10-14)30-24(34)35-20/h2-11,13H,12H2,1H3,(H,26,32)(H,28,33)(H,30,34)/t13-/m0/s1. The molecule has 35 heavy (non-hydrogen) atoms. The number of halogens is 1. The van der Waals surface area contributed by atoms with Crippen LogP contribution in [0.15, 0.2) is 70.0 Å². The molecule has 3 heterocycles. The second-order valence-electron chi connectivity index (χ2n) is 7.90. The van der Waals surface area contributed by atoms with Crippen LogP contribution in [0.4, 0.5) is 4.39 Å². The first-order valence-electron chi connectivity index (χ1n) is 10.7. The summed E-state index contributed by atoms with van der Waals surface area (Å²) in [5.41, 5.74) is 2.89. The molecule has 0 aliphatic carbocycles. The van der Waals surface area contributed by atoms with Crippen LogP contribution in [0.5, 0.6) is 0 Å². The van der Waals surface area contributed by atoms with Crippen molar-refractivity contribution in [3.63, 3.8) is 0 Å². The largest absolute Gasteiger partial charge is 0.417 e. The maximum absolute atomic E-state index is 13.2. The first-order chi connectivity index (χ1) is 16.9. The molecule has 11 heteroatoms. The zero-order valence-corrected chi connectivity index (χ0v) is 18.4. The number of benzene rings is 2. The van der Waals surface area contributed by atoms with Gasteiger partial charge in [0.05, 0.1) is 17.8 Å². The number of hydrogen-bond donors (Lipinski definition) is 3. The van der Waals surface area contributed by atoms with Crippen molar-refractivity contribution in [3.8, 4) is 0 Å². The van der Waals surface area contributed by atoms with E-state index in [-0.39, 0.29) is 23.7 Å². The molecule has 3 aromatic heterocycles. The number of nitrogens with one attached hydrogen (secondary N) is 3. The van der Waals surface area contributed by atoms with Crippen LogP contribution < -0.4 is 16.4 Å². The SMILES string of the molecule is C[C@H](NC(=O)c1cc(C(=O)NCc2ccc3oc(=O)[nH]c3c2)nc2ccnn12)c1ccc(F)cc1. The molecule has 3 N–H and O–H groups in total. The third-order valence-corrected chi connectivity index (χ3v) is 5.48. The van der Waals surface area contributed by atoms with Crippen LogP contribution in [0.25, 0.3) is 16.7 Å². The van der Waals surface area contributed by atoms with Gasteiger partial charge < -0.3 is 15.1 Å². The van der Waals surface area contributed by atoms with E-state index in [0.717, 1.165) is 11.1 Å². The highest BCUT2D eigenvalue weighted by molar-refractivity contribution is 5.98. The molecule has 0 saturated carbocycles. The highest BCUT2D eigenvalue weighted by Gasteiger charge is 2.19. The predicted octanol–water partition coefficient (Wildman–Crippen LogP) is 2.72. The van der Waals surface area contributed by atoms with E-state index in [1.54, 1.807) is 43.3 Å². The van der Waals surface area contributed by atoms with Crippen molar-refractivity contribution in [2.45, 2.75) is 19.5 Å². The first kappa shape index (κ1) is 22.0. The smallest absolute Gasteiger partial charge is 0.408 e. The summed E-state index contributed by atoms with van der Waals surface area (Å²) in [5.74, 6) is -1.89. The number of aromatic amines is 1. The van der Waals surface area contributed by atoms with Crippen molar-refractivity contribution >= 4 is 28.6 Å². The van der Waals surface area contributed by atoms with Crippen LogP contribution in [0.1, 0.15) is 45.1 Å². The van der Waals surface area contributed by atoms with Crippen molar-refractivity contribution in [1.29, 1.82) is 0 Å². The predicted molar refractivity (Wildman–Crippen MR) is 123 cm³/mol. The molecule has 1 atom stereocenters. The van der Waals surface area contributed by atoms with Crippen LogP contribution in [0, 0.1) is 5.82 Å². The summed E-state index contributed by atoms with van der Waals surface area (Å²) in [5, 5.41) is 9.73. The van der Waals surface area contributed by atoms with E-state index < -0.39 is 23.6 Å². The Balaban J connectivity index is 1.35. The molecule has 10 nitrogen and oxygen atoms in total. The molecule has 0 radical (unpaired) electrons.